The zero-order chi connectivity index (χ0) is 18.8. The van der Waals surface area contributed by atoms with Gasteiger partial charge >= 0.3 is 0 Å². The molecular weight excluding hydrogens is 340 g/mol. The molecule has 2 fully saturated rings. The van der Waals surface area contributed by atoms with Crippen LogP contribution in [0.3, 0.4) is 0 Å². The normalized spacial score (nSPS) is 21.8. The van der Waals surface area contributed by atoms with Gasteiger partial charge in [0.2, 0.25) is 11.8 Å². The molecular formula is C22H24N2O3. The van der Waals surface area contributed by atoms with Gasteiger partial charge in [0.05, 0.1) is 19.0 Å². The molecule has 0 spiro atoms. The molecule has 1 unspecified atom stereocenters. The number of imide groups is 1. The number of hydrogen-bond donors (Lipinski definition) is 1. The Morgan fingerprint density at radius 1 is 0.926 bits per heavy atom. The summed E-state index contributed by atoms with van der Waals surface area (Å²) in [5.41, 5.74) is 2.21. The van der Waals surface area contributed by atoms with Gasteiger partial charge in [-0.3, -0.25) is 19.4 Å². The summed E-state index contributed by atoms with van der Waals surface area (Å²) in [7, 11) is 0. The van der Waals surface area contributed by atoms with Gasteiger partial charge in [-0.25, -0.2) is 0 Å². The van der Waals surface area contributed by atoms with Crippen LogP contribution < -0.4 is 0 Å². The van der Waals surface area contributed by atoms with Gasteiger partial charge in [-0.15, -0.1) is 0 Å². The predicted octanol–water partition coefficient (Wildman–Crippen LogP) is 2.90. The standard InChI is InChI=1S/C22H24N2O3/c25-19-8-6-17(7-9-19)18-10-12-23(13-11-18)20-14-21(26)24(22(20)27)15-16-4-2-1-3-5-16/h1-9,18,20,25H,10-15H2. The van der Waals surface area contributed by atoms with E-state index >= 15 is 0 Å². The first-order valence-electron chi connectivity index (χ1n) is 9.53. The molecule has 4 rings (SSSR count). The smallest absolute Gasteiger partial charge is 0.247 e. The van der Waals surface area contributed by atoms with Gasteiger partial charge in [-0.05, 0) is 55.1 Å². The van der Waals surface area contributed by atoms with Crippen LogP contribution in [0.4, 0.5) is 0 Å². The van der Waals surface area contributed by atoms with Crippen LogP contribution in [-0.4, -0.2) is 45.9 Å². The van der Waals surface area contributed by atoms with Gasteiger partial charge in [0.25, 0.3) is 0 Å². The number of piperidine rings is 1. The van der Waals surface area contributed by atoms with Crippen LogP contribution in [-0.2, 0) is 16.1 Å². The molecule has 0 saturated carbocycles. The number of benzene rings is 2. The van der Waals surface area contributed by atoms with Gasteiger partial charge in [-0.1, -0.05) is 42.5 Å². The number of nitrogens with zero attached hydrogens (tertiary/aromatic N) is 2. The fraction of sp³-hybridized carbons (Fsp3) is 0.364. The van der Waals surface area contributed by atoms with Crippen LogP contribution in [0.2, 0.25) is 0 Å². The van der Waals surface area contributed by atoms with Gasteiger partial charge in [0, 0.05) is 0 Å². The number of carbonyl (C=O) groups is 2. The third-order valence-corrected chi connectivity index (χ3v) is 5.74. The second-order valence-corrected chi connectivity index (χ2v) is 7.43. The quantitative estimate of drug-likeness (QED) is 0.848. The topological polar surface area (TPSA) is 60.9 Å². The van der Waals surface area contributed by atoms with Crippen molar-refractivity contribution in [3.05, 3.63) is 65.7 Å². The minimum absolute atomic E-state index is 0.0630. The van der Waals surface area contributed by atoms with Crippen LogP contribution >= 0.6 is 0 Å². The molecule has 2 amide bonds. The summed E-state index contributed by atoms with van der Waals surface area (Å²) in [6, 6.07) is 16.7. The number of carbonyl (C=O) groups excluding carboxylic acids is 2. The molecule has 2 aromatic carbocycles. The maximum atomic E-state index is 12.8. The van der Waals surface area contributed by atoms with E-state index in [2.05, 4.69) is 4.90 Å². The lowest BCUT2D eigenvalue weighted by Gasteiger charge is -2.35. The summed E-state index contributed by atoms with van der Waals surface area (Å²) < 4.78 is 0. The van der Waals surface area contributed by atoms with E-state index in [0.29, 0.717) is 12.5 Å². The molecule has 0 radical (unpaired) electrons. The zero-order valence-corrected chi connectivity index (χ0v) is 15.3. The fourth-order valence-electron chi connectivity index (χ4n) is 4.17. The number of amides is 2. The predicted molar refractivity (Wildman–Crippen MR) is 102 cm³/mol. The third kappa shape index (κ3) is 3.74. The number of likely N-dealkylation sites (tertiary alicyclic amines) is 2. The van der Waals surface area contributed by atoms with Crippen molar-refractivity contribution >= 4 is 11.8 Å². The van der Waals surface area contributed by atoms with Crippen molar-refractivity contribution in [1.82, 2.24) is 9.80 Å². The molecule has 5 nitrogen and oxygen atoms in total. The first-order valence-corrected chi connectivity index (χ1v) is 9.53. The Hall–Kier alpha value is -2.66. The summed E-state index contributed by atoms with van der Waals surface area (Å²) in [5, 5.41) is 9.44. The van der Waals surface area contributed by atoms with Crippen LogP contribution in [0.25, 0.3) is 0 Å². The fourth-order valence-corrected chi connectivity index (χ4v) is 4.17. The van der Waals surface area contributed by atoms with E-state index in [1.54, 1.807) is 12.1 Å². The molecule has 1 atom stereocenters. The van der Waals surface area contributed by atoms with E-state index in [4.69, 9.17) is 0 Å². The van der Waals surface area contributed by atoms with Crippen molar-refractivity contribution in [3.8, 4) is 5.75 Å². The molecule has 2 aromatic rings. The first kappa shape index (κ1) is 17.7. The molecule has 140 valence electrons. The lowest BCUT2D eigenvalue weighted by Crippen LogP contribution is -2.45. The van der Waals surface area contributed by atoms with E-state index in [1.165, 1.54) is 10.5 Å². The van der Waals surface area contributed by atoms with E-state index in [9.17, 15) is 14.7 Å². The minimum Gasteiger partial charge on any atom is -0.508 e. The van der Waals surface area contributed by atoms with Crippen molar-refractivity contribution in [2.75, 3.05) is 13.1 Å². The van der Waals surface area contributed by atoms with Crippen molar-refractivity contribution in [2.45, 2.75) is 37.8 Å². The van der Waals surface area contributed by atoms with Gasteiger partial charge < -0.3 is 5.11 Å². The first-order chi connectivity index (χ1) is 13.1. The van der Waals surface area contributed by atoms with Gasteiger partial charge in [0.1, 0.15) is 5.75 Å². The summed E-state index contributed by atoms with van der Waals surface area (Å²) >= 11 is 0. The zero-order valence-electron chi connectivity index (χ0n) is 15.3. The Morgan fingerprint density at radius 3 is 2.26 bits per heavy atom. The maximum Gasteiger partial charge on any atom is 0.247 e. The van der Waals surface area contributed by atoms with E-state index in [1.807, 2.05) is 42.5 Å². The summed E-state index contributed by atoms with van der Waals surface area (Å²) in [4.78, 5) is 28.8. The van der Waals surface area contributed by atoms with Crippen LogP contribution in [0, 0.1) is 0 Å². The SMILES string of the molecule is O=C1CC(N2CCC(c3ccc(O)cc3)CC2)C(=O)N1Cc1ccccc1. The van der Waals surface area contributed by atoms with Crippen molar-refractivity contribution in [3.63, 3.8) is 0 Å². The molecule has 5 heteroatoms. The average molecular weight is 364 g/mol. The summed E-state index contributed by atoms with van der Waals surface area (Å²) in [5.74, 6) is 0.584. The Labute approximate surface area is 159 Å². The highest BCUT2D eigenvalue weighted by Gasteiger charge is 2.42. The number of phenolic OH excluding ortho intramolecular Hbond substituents is 1. The number of aromatic hydroxyl groups is 1. The Morgan fingerprint density at radius 2 is 1.59 bits per heavy atom. The molecule has 1 N–H and O–H groups in total. The largest absolute Gasteiger partial charge is 0.508 e. The minimum atomic E-state index is -0.318. The van der Waals surface area contributed by atoms with Gasteiger partial charge in [-0.2, -0.15) is 0 Å². The second kappa shape index (κ2) is 7.53. The average Bonchev–Trinajstić information content (AvgIpc) is 2.98. The number of hydrogen-bond acceptors (Lipinski definition) is 4. The molecule has 2 saturated heterocycles. The molecule has 0 aromatic heterocycles. The Balaban J connectivity index is 1.38. The molecule has 0 bridgehead atoms. The summed E-state index contributed by atoms with van der Waals surface area (Å²) in [6.45, 7) is 1.99. The van der Waals surface area contributed by atoms with Crippen LogP contribution in [0.15, 0.2) is 54.6 Å². The maximum absolute atomic E-state index is 12.8. The molecule has 0 aliphatic carbocycles. The van der Waals surface area contributed by atoms with E-state index in [0.717, 1.165) is 31.5 Å². The van der Waals surface area contributed by atoms with Crippen molar-refractivity contribution in [1.29, 1.82) is 0 Å². The number of phenols is 1. The van der Waals surface area contributed by atoms with E-state index < -0.39 is 0 Å². The monoisotopic (exact) mass is 364 g/mol. The highest BCUT2D eigenvalue weighted by atomic mass is 16.3. The molecule has 2 heterocycles. The third-order valence-electron chi connectivity index (χ3n) is 5.74. The lowest BCUT2D eigenvalue weighted by molar-refractivity contribution is -0.140. The highest BCUT2D eigenvalue weighted by molar-refractivity contribution is 6.05. The molecule has 27 heavy (non-hydrogen) atoms. The number of rotatable bonds is 4. The Bertz CT molecular complexity index is 811. The second-order valence-electron chi connectivity index (χ2n) is 7.43. The van der Waals surface area contributed by atoms with Crippen LogP contribution in [0.5, 0.6) is 5.75 Å². The van der Waals surface area contributed by atoms with Crippen molar-refractivity contribution < 1.29 is 14.7 Å². The highest BCUT2D eigenvalue weighted by Crippen LogP contribution is 2.32. The molecule has 2 aliphatic rings. The van der Waals surface area contributed by atoms with Gasteiger partial charge in [0.15, 0.2) is 0 Å². The lowest BCUT2D eigenvalue weighted by atomic mass is 9.89. The molecule has 2 aliphatic heterocycles. The van der Waals surface area contributed by atoms with Crippen molar-refractivity contribution in [2.24, 2.45) is 0 Å². The van der Waals surface area contributed by atoms with E-state index in [-0.39, 0.29) is 30.0 Å². The van der Waals surface area contributed by atoms with Crippen LogP contribution in [0.1, 0.15) is 36.3 Å². The Kier molecular flexibility index (Phi) is 4.94. The summed E-state index contributed by atoms with van der Waals surface area (Å²) in [6.07, 6.45) is 2.21.